The Morgan fingerprint density at radius 1 is 1.28 bits per heavy atom. The van der Waals surface area contributed by atoms with Crippen LogP contribution in [0, 0.1) is 6.92 Å². The van der Waals surface area contributed by atoms with E-state index in [2.05, 4.69) is 26.4 Å². The van der Waals surface area contributed by atoms with Gasteiger partial charge in [0.2, 0.25) is 0 Å². The van der Waals surface area contributed by atoms with Crippen molar-refractivity contribution in [2.24, 2.45) is 0 Å². The lowest BCUT2D eigenvalue weighted by molar-refractivity contribution is 0.0817. The van der Waals surface area contributed by atoms with Crippen molar-refractivity contribution in [1.29, 1.82) is 0 Å². The summed E-state index contributed by atoms with van der Waals surface area (Å²) >= 11 is 0. The molecule has 1 aliphatic heterocycles. The molecule has 1 N–H and O–H groups in total. The number of nitrogens with one attached hydrogen (secondary N) is 1. The van der Waals surface area contributed by atoms with Gasteiger partial charge >= 0.3 is 0 Å². The number of para-hydroxylation sites is 2. The summed E-state index contributed by atoms with van der Waals surface area (Å²) in [5.74, 6) is 3.52. The molecule has 6 nitrogen and oxygen atoms in total. The predicted molar refractivity (Wildman–Crippen MR) is 94.9 cm³/mol. The molecule has 0 fully saturated rings. The van der Waals surface area contributed by atoms with Gasteiger partial charge in [-0.05, 0) is 19.1 Å². The second-order valence-electron chi connectivity index (χ2n) is 6.24. The summed E-state index contributed by atoms with van der Waals surface area (Å²) in [6.07, 6.45) is 5.59. The van der Waals surface area contributed by atoms with Crippen molar-refractivity contribution < 1.29 is 9.47 Å². The normalized spacial score (nSPS) is 16.2. The molecular weight excluding hydrogens is 316 g/mol. The van der Waals surface area contributed by atoms with Crippen molar-refractivity contribution in [3.8, 4) is 23.0 Å². The van der Waals surface area contributed by atoms with Gasteiger partial charge in [0.05, 0.1) is 0 Å². The van der Waals surface area contributed by atoms with Gasteiger partial charge in [-0.25, -0.2) is 9.97 Å². The summed E-state index contributed by atoms with van der Waals surface area (Å²) in [5.41, 5.74) is 1.98. The fraction of sp³-hybridized carbons (Fsp3) is 0.368. The Morgan fingerprint density at radius 2 is 2.12 bits per heavy atom. The summed E-state index contributed by atoms with van der Waals surface area (Å²) in [6.45, 7) is 5.50. The van der Waals surface area contributed by atoms with E-state index >= 15 is 0 Å². The maximum absolute atomic E-state index is 6.04. The van der Waals surface area contributed by atoms with Crippen molar-refractivity contribution in [2.45, 2.75) is 39.3 Å². The molecule has 1 aliphatic rings. The molecule has 130 valence electrons. The van der Waals surface area contributed by atoms with Gasteiger partial charge in [-0.2, -0.15) is 0 Å². The highest BCUT2D eigenvalue weighted by Crippen LogP contribution is 2.31. The van der Waals surface area contributed by atoms with Gasteiger partial charge in [0.15, 0.2) is 17.3 Å². The number of aromatic amines is 1. The van der Waals surface area contributed by atoms with Crippen molar-refractivity contribution >= 4 is 0 Å². The number of rotatable bonds is 5. The molecule has 0 bridgehead atoms. The van der Waals surface area contributed by atoms with E-state index in [0.717, 1.165) is 53.9 Å². The molecule has 6 heteroatoms. The third-order valence-corrected chi connectivity index (χ3v) is 4.46. The molecule has 1 aromatic carbocycles. The lowest BCUT2D eigenvalue weighted by atomic mass is 10.2. The number of imidazole rings is 2. The fourth-order valence-corrected chi connectivity index (χ4v) is 3.10. The Bertz CT molecular complexity index is 868. The number of aromatic nitrogens is 4. The van der Waals surface area contributed by atoms with E-state index in [-0.39, 0.29) is 6.10 Å². The van der Waals surface area contributed by atoms with Gasteiger partial charge in [-0.3, -0.25) is 0 Å². The van der Waals surface area contributed by atoms with E-state index in [1.54, 1.807) is 0 Å². The SMILES string of the molecule is CCc1nc(-c2nccn2CC[C@H]2COc3ccccc3O2)c(C)[nH]1. The van der Waals surface area contributed by atoms with Crippen LogP contribution in [0.4, 0.5) is 0 Å². The van der Waals surface area contributed by atoms with Crippen LogP contribution in [0.1, 0.15) is 24.9 Å². The molecule has 0 saturated heterocycles. The molecule has 25 heavy (non-hydrogen) atoms. The topological polar surface area (TPSA) is 65.0 Å². The maximum Gasteiger partial charge on any atom is 0.161 e. The molecular formula is C19H22N4O2. The van der Waals surface area contributed by atoms with E-state index in [1.807, 2.05) is 43.6 Å². The first kappa shape index (κ1) is 15.7. The third-order valence-electron chi connectivity index (χ3n) is 4.46. The van der Waals surface area contributed by atoms with E-state index in [9.17, 15) is 0 Å². The zero-order valence-electron chi connectivity index (χ0n) is 14.5. The number of benzene rings is 1. The summed E-state index contributed by atoms with van der Waals surface area (Å²) < 4.78 is 14.0. The summed E-state index contributed by atoms with van der Waals surface area (Å²) in [7, 11) is 0. The number of hydrogen-bond acceptors (Lipinski definition) is 4. The van der Waals surface area contributed by atoms with Gasteiger partial charge in [-0.1, -0.05) is 19.1 Å². The van der Waals surface area contributed by atoms with Gasteiger partial charge in [0.1, 0.15) is 24.2 Å². The summed E-state index contributed by atoms with van der Waals surface area (Å²) in [6, 6.07) is 7.80. The zero-order chi connectivity index (χ0) is 17.2. The van der Waals surface area contributed by atoms with Crippen molar-refractivity contribution in [3.05, 3.63) is 48.2 Å². The molecule has 0 spiro atoms. The van der Waals surface area contributed by atoms with Crippen LogP contribution in [0.25, 0.3) is 11.5 Å². The van der Waals surface area contributed by atoms with E-state index in [4.69, 9.17) is 9.47 Å². The van der Waals surface area contributed by atoms with Gasteiger partial charge in [0.25, 0.3) is 0 Å². The highest BCUT2D eigenvalue weighted by atomic mass is 16.6. The van der Waals surface area contributed by atoms with Crippen LogP contribution < -0.4 is 9.47 Å². The van der Waals surface area contributed by atoms with Crippen LogP contribution in [-0.2, 0) is 13.0 Å². The van der Waals surface area contributed by atoms with Crippen LogP contribution in [0.5, 0.6) is 11.5 Å². The van der Waals surface area contributed by atoms with Crippen molar-refractivity contribution in [1.82, 2.24) is 19.5 Å². The Labute approximate surface area is 146 Å². The molecule has 0 radical (unpaired) electrons. The molecule has 0 unspecified atom stereocenters. The Hall–Kier alpha value is -2.76. The van der Waals surface area contributed by atoms with Crippen molar-refractivity contribution in [2.75, 3.05) is 6.61 Å². The first-order valence-corrected chi connectivity index (χ1v) is 8.70. The first-order chi connectivity index (χ1) is 12.2. The predicted octanol–water partition coefficient (Wildman–Crippen LogP) is 3.37. The number of hydrogen-bond donors (Lipinski definition) is 1. The molecule has 3 aromatic rings. The molecule has 1 atom stereocenters. The third kappa shape index (κ3) is 3.12. The first-order valence-electron chi connectivity index (χ1n) is 8.70. The minimum Gasteiger partial charge on any atom is -0.486 e. The molecule has 0 saturated carbocycles. The number of H-pyrrole nitrogens is 1. The number of nitrogens with zero attached hydrogens (tertiary/aromatic N) is 3. The Morgan fingerprint density at radius 3 is 2.92 bits per heavy atom. The minimum absolute atomic E-state index is 0.0385. The highest BCUT2D eigenvalue weighted by Gasteiger charge is 2.21. The highest BCUT2D eigenvalue weighted by molar-refractivity contribution is 5.53. The van der Waals surface area contributed by atoms with Gasteiger partial charge < -0.3 is 19.0 Å². The van der Waals surface area contributed by atoms with E-state index < -0.39 is 0 Å². The lowest BCUT2D eigenvalue weighted by Gasteiger charge is -2.26. The standard InChI is InChI=1S/C19H22N4O2/c1-3-17-21-13(2)18(22-17)19-20-9-11-23(19)10-8-14-12-24-15-6-4-5-7-16(15)25-14/h4-7,9,11,14H,3,8,10,12H2,1-2H3,(H,21,22)/t14-/m0/s1. The molecule has 4 rings (SSSR count). The second kappa shape index (κ2) is 6.63. The molecule has 0 aliphatic carbocycles. The van der Waals surface area contributed by atoms with Crippen LogP contribution in [0.2, 0.25) is 0 Å². The van der Waals surface area contributed by atoms with Crippen LogP contribution in [-0.4, -0.2) is 32.2 Å². The minimum atomic E-state index is 0.0385. The number of ether oxygens (including phenoxy) is 2. The smallest absolute Gasteiger partial charge is 0.161 e. The number of aryl methyl sites for hydroxylation is 3. The Balaban J connectivity index is 1.46. The Kier molecular flexibility index (Phi) is 4.17. The average molecular weight is 338 g/mol. The molecule has 0 amide bonds. The lowest BCUT2D eigenvalue weighted by Crippen LogP contribution is -2.30. The van der Waals surface area contributed by atoms with Crippen molar-refractivity contribution in [3.63, 3.8) is 0 Å². The van der Waals surface area contributed by atoms with Crippen LogP contribution in [0.3, 0.4) is 0 Å². The van der Waals surface area contributed by atoms with E-state index in [0.29, 0.717) is 6.61 Å². The maximum atomic E-state index is 6.04. The van der Waals surface area contributed by atoms with Gasteiger partial charge in [-0.15, -0.1) is 0 Å². The zero-order valence-corrected chi connectivity index (χ0v) is 14.5. The van der Waals surface area contributed by atoms with Gasteiger partial charge in [0, 0.05) is 37.5 Å². The quantitative estimate of drug-likeness (QED) is 0.774. The molecule has 3 heterocycles. The molecule has 2 aromatic heterocycles. The van der Waals surface area contributed by atoms with Crippen LogP contribution >= 0.6 is 0 Å². The largest absolute Gasteiger partial charge is 0.486 e. The second-order valence-corrected chi connectivity index (χ2v) is 6.24. The summed E-state index contributed by atoms with van der Waals surface area (Å²) in [4.78, 5) is 12.5. The fourth-order valence-electron chi connectivity index (χ4n) is 3.10. The number of fused-ring (bicyclic) bond motifs is 1. The average Bonchev–Trinajstić information content (AvgIpc) is 3.25. The van der Waals surface area contributed by atoms with Crippen LogP contribution in [0.15, 0.2) is 36.7 Å². The van der Waals surface area contributed by atoms with E-state index in [1.165, 1.54) is 0 Å². The summed E-state index contributed by atoms with van der Waals surface area (Å²) in [5, 5.41) is 0. The monoisotopic (exact) mass is 338 g/mol.